The highest BCUT2D eigenvalue weighted by Gasteiger charge is 2.11. The van der Waals surface area contributed by atoms with Crippen molar-refractivity contribution in [3.8, 4) is 5.75 Å². The fourth-order valence-electron chi connectivity index (χ4n) is 1.66. The van der Waals surface area contributed by atoms with E-state index in [-0.39, 0.29) is 6.10 Å². The highest BCUT2D eigenvalue weighted by molar-refractivity contribution is 5.76. The normalized spacial score (nSPS) is 20.8. The molecule has 1 aliphatic rings. The minimum absolute atomic E-state index is 0.0942. The first-order chi connectivity index (χ1) is 9.68. The van der Waals surface area contributed by atoms with Crippen molar-refractivity contribution in [3.05, 3.63) is 60.2 Å². The molecule has 0 fully saturated rings. The molecule has 1 atom stereocenters. The molecule has 1 nitrogen and oxygen atoms in total. The molecule has 0 amide bonds. The van der Waals surface area contributed by atoms with Gasteiger partial charge in [-0.25, -0.2) is 0 Å². The highest BCUT2D eigenvalue weighted by atomic mass is 16.5. The molecule has 1 aliphatic heterocycles. The van der Waals surface area contributed by atoms with E-state index >= 15 is 0 Å². The third kappa shape index (κ3) is 5.08. The summed E-state index contributed by atoms with van der Waals surface area (Å²) in [7, 11) is 0. The Morgan fingerprint density at radius 1 is 1.05 bits per heavy atom. The van der Waals surface area contributed by atoms with E-state index in [1.54, 1.807) is 0 Å². The molecular formula is C19H28O. The summed E-state index contributed by atoms with van der Waals surface area (Å²) < 4.78 is 5.93. The summed E-state index contributed by atoms with van der Waals surface area (Å²) in [5, 5.41) is 0. The average molecular weight is 272 g/mol. The molecular weight excluding hydrogens is 244 g/mol. The minimum atomic E-state index is 0.0942. The van der Waals surface area contributed by atoms with Crippen LogP contribution in [0.15, 0.2) is 54.6 Å². The summed E-state index contributed by atoms with van der Waals surface area (Å²) in [4.78, 5) is 0. The number of benzene rings is 1. The Morgan fingerprint density at radius 3 is 2.30 bits per heavy atom. The summed E-state index contributed by atoms with van der Waals surface area (Å²) in [6.07, 6.45) is 6.21. The molecule has 1 heterocycles. The smallest absolute Gasteiger partial charge is 0.128 e. The zero-order chi connectivity index (χ0) is 15.5. The fourth-order valence-corrected chi connectivity index (χ4v) is 1.66. The highest BCUT2D eigenvalue weighted by Crippen LogP contribution is 2.28. The van der Waals surface area contributed by atoms with Gasteiger partial charge in [0.05, 0.1) is 0 Å². The van der Waals surface area contributed by atoms with E-state index in [9.17, 15) is 0 Å². The Kier molecular flexibility index (Phi) is 9.19. The van der Waals surface area contributed by atoms with Crippen molar-refractivity contribution >= 4 is 5.57 Å². The number of hydrogen-bond acceptors (Lipinski definition) is 1. The summed E-state index contributed by atoms with van der Waals surface area (Å²) in [5.74, 6) is 0.902. The van der Waals surface area contributed by atoms with E-state index in [1.165, 1.54) is 5.57 Å². The lowest BCUT2D eigenvalue weighted by molar-refractivity contribution is 0.257. The van der Waals surface area contributed by atoms with Gasteiger partial charge in [-0.05, 0) is 31.1 Å². The molecule has 2 rings (SSSR count). The predicted molar refractivity (Wildman–Crippen MR) is 91.2 cm³/mol. The summed E-state index contributed by atoms with van der Waals surface area (Å²) >= 11 is 0. The van der Waals surface area contributed by atoms with Gasteiger partial charge >= 0.3 is 0 Å². The van der Waals surface area contributed by atoms with Crippen molar-refractivity contribution in [2.75, 3.05) is 0 Å². The lowest BCUT2D eigenvalue weighted by atomic mass is 10.1. The van der Waals surface area contributed by atoms with Gasteiger partial charge in [-0.3, -0.25) is 0 Å². The Hall–Kier alpha value is -1.76. The number of allylic oxidation sites excluding steroid dienone is 4. The Bertz CT molecular complexity index is 466. The first-order valence-electron chi connectivity index (χ1n) is 7.48. The topological polar surface area (TPSA) is 9.23 Å². The summed E-state index contributed by atoms with van der Waals surface area (Å²) in [6.45, 7) is 16.2. The van der Waals surface area contributed by atoms with Crippen molar-refractivity contribution in [1.29, 1.82) is 0 Å². The fraction of sp³-hybridized carbons (Fsp3) is 0.368. The molecule has 0 saturated heterocycles. The number of hydrogen-bond donors (Lipinski definition) is 0. The molecule has 0 bridgehead atoms. The van der Waals surface area contributed by atoms with E-state index in [4.69, 9.17) is 4.74 Å². The van der Waals surface area contributed by atoms with Crippen LogP contribution in [0.5, 0.6) is 5.75 Å². The predicted octanol–water partition coefficient (Wildman–Crippen LogP) is 6.04. The molecule has 0 N–H and O–H groups in total. The largest absolute Gasteiger partial charge is 0.486 e. The van der Waals surface area contributed by atoms with Crippen LogP contribution in [0.25, 0.3) is 5.57 Å². The van der Waals surface area contributed by atoms with Crippen LogP contribution in [-0.2, 0) is 0 Å². The number of rotatable bonds is 0. The SMILES string of the molecule is C=C1/C=C\C=C(\C)C(C)Oc2ccccc21.CC.CC. The molecule has 1 heteroatoms. The lowest BCUT2D eigenvalue weighted by Gasteiger charge is -2.17. The van der Waals surface area contributed by atoms with Crippen LogP contribution >= 0.6 is 0 Å². The Labute approximate surface area is 124 Å². The Balaban J connectivity index is 0.000000829. The maximum atomic E-state index is 5.93. The van der Waals surface area contributed by atoms with Gasteiger partial charge in [-0.15, -0.1) is 0 Å². The van der Waals surface area contributed by atoms with Crippen LogP contribution < -0.4 is 4.74 Å². The van der Waals surface area contributed by atoms with E-state index in [0.29, 0.717) is 0 Å². The standard InChI is InChI=1S/C15H16O.2C2H6/c1-11-7-6-8-12(2)14-9-4-5-10-15(14)16-13(11)3;2*1-2/h4-10,13H,2H2,1,3H3;2*1-2H3/b8-6-,11-7-;;. The lowest BCUT2D eigenvalue weighted by Crippen LogP contribution is -2.13. The van der Waals surface area contributed by atoms with Gasteiger partial charge in [-0.1, -0.05) is 70.7 Å². The van der Waals surface area contributed by atoms with Gasteiger partial charge in [0.1, 0.15) is 11.9 Å². The summed E-state index contributed by atoms with van der Waals surface area (Å²) in [6, 6.07) is 8.02. The van der Waals surface area contributed by atoms with Crippen molar-refractivity contribution < 1.29 is 4.74 Å². The van der Waals surface area contributed by atoms with Crippen molar-refractivity contribution in [1.82, 2.24) is 0 Å². The molecule has 20 heavy (non-hydrogen) atoms. The van der Waals surface area contributed by atoms with Crippen molar-refractivity contribution in [3.63, 3.8) is 0 Å². The van der Waals surface area contributed by atoms with Gasteiger partial charge in [-0.2, -0.15) is 0 Å². The van der Waals surface area contributed by atoms with Crippen LogP contribution in [-0.4, -0.2) is 6.10 Å². The van der Waals surface area contributed by atoms with E-state index in [1.807, 2.05) is 64.1 Å². The zero-order valence-electron chi connectivity index (χ0n) is 13.7. The van der Waals surface area contributed by atoms with Crippen molar-refractivity contribution in [2.45, 2.75) is 47.6 Å². The molecule has 1 aromatic carbocycles. The van der Waals surface area contributed by atoms with Gasteiger partial charge in [0.25, 0.3) is 0 Å². The molecule has 1 aromatic rings. The van der Waals surface area contributed by atoms with Crippen LogP contribution in [0, 0.1) is 0 Å². The first kappa shape index (κ1) is 18.2. The molecule has 0 aliphatic carbocycles. The average Bonchev–Trinajstić information content (AvgIpc) is 2.55. The molecule has 0 spiro atoms. The second-order valence-electron chi connectivity index (χ2n) is 4.05. The van der Waals surface area contributed by atoms with Crippen molar-refractivity contribution in [2.24, 2.45) is 0 Å². The van der Waals surface area contributed by atoms with E-state index in [2.05, 4.69) is 26.5 Å². The van der Waals surface area contributed by atoms with Gasteiger partial charge in [0, 0.05) is 5.56 Å². The quantitative estimate of drug-likeness (QED) is 0.560. The molecule has 0 radical (unpaired) electrons. The third-order valence-electron chi connectivity index (χ3n) is 2.83. The van der Waals surface area contributed by atoms with E-state index in [0.717, 1.165) is 16.9 Å². The number of fused-ring (bicyclic) bond motifs is 1. The molecule has 1 unspecified atom stereocenters. The zero-order valence-corrected chi connectivity index (χ0v) is 13.7. The second kappa shape index (κ2) is 10.1. The molecule has 0 aromatic heterocycles. The van der Waals surface area contributed by atoms with Crippen LogP contribution in [0.4, 0.5) is 0 Å². The first-order valence-corrected chi connectivity index (χ1v) is 7.48. The maximum Gasteiger partial charge on any atom is 0.128 e. The molecule has 110 valence electrons. The van der Waals surface area contributed by atoms with E-state index < -0.39 is 0 Å². The third-order valence-corrected chi connectivity index (χ3v) is 2.83. The monoisotopic (exact) mass is 272 g/mol. The Morgan fingerprint density at radius 2 is 1.65 bits per heavy atom. The van der Waals surface area contributed by atoms with Crippen LogP contribution in [0.3, 0.4) is 0 Å². The minimum Gasteiger partial charge on any atom is -0.486 e. The number of para-hydroxylation sites is 1. The maximum absolute atomic E-state index is 5.93. The summed E-state index contributed by atoms with van der Waals surface area (Å²) in [5.41, 5.74) is 3.25. The van der Waals surface area contributed by atoms with Crippen LogP contribution in [0.2, 0.25) is 0 Å². The molecule has 0 saturated carbocycles. The second-order valence-corrected chi connectivity index (χ2v) is 4.05. The number of ether oxygens (including phenoxy) is 1. The van der Waals surface area contributed by atoms with Gasteiger partial charge in [0.15, 0.2) is 0 Å². The van der Waals surface area contributed by atoms with Crippen LogP contribution in [0.1, 0.15) is 47.1 Å². The van der Waals surface area contributed by atoms with Gasteiger partial charge < -0.3 is 4.74 Å². The van der Waals surface area contributed by atoms with Gasteiger partial charge in [0.2, 0.25) is 0 Å².